The number of hydrogen-bond acceptors (Lipinski definition) is 3. The van der Waals surface area contributed by atoms with Crippen molar-refractivity contribution in [2.75, 3.05) is 20.2 Å². The third-order valence-corrected chi connectivity index (χ3v) is 3.26. The van der Waals surface area contributed by atoms with Crippen LogP contribution in [-0.4, -0.2) is 37.0 Å². The van der Waals surface area contributed by atoms with Crippen LogP contribution in [0.1, 0.15) is 18.4 Å². The maximum atomic E-state index is 11.9. The van der Waals surface area contributed by atoms with Gasteiger partial charge in [0.25, 0.3) is 0 Å². The highest BCUT2D eigenvalue weighted by Crippen LogP contribution is 2.18. The Bertz CT molecular complexity index is 452. The van der Waals surface area contributed by atoms with E-state index in [4.69, 9.17) is 4.74 Å². The van der Waals surface area contributed by atoms with Crippen LogP contribution in [-0.2, 0) is 11.3 Å². The zero-order valence-corrected chi connectivity index (χ0v) is 12.0. The number of nitrogens with one attached hydrogen (secondary N) is 1. The summed E-state index contributed by atoms with van der Waals surface area (Å²) < 4.78 is 5.43. The summed E-state index contributed by atoms with van der Waals surface area (Å²) in [4.78, 5) is 13.7. The Hall–Kier alpha value is -1.81. The first-order valence-corrected chi connectivity index (χ1v) is 6.99. The Morgan fingerprint density at radius 3 is 2.75 bits per heavy atom. The van der Waals surface area contributed by atoms with Crippen LogP contribution in [0.25, 0.3) is 0 Å². The topological polar surface area (TPSA) is 41.6 Å². The molecule has 0 unspecified atom stereocenters. The third-order valence-electron chi connectivity index (χ3n) is 3.26. The number of amides is 1. The predicted molar refractivity (Wildman–Crippen MR) is 79.6 cm³/mol. The molecule has 108 valence electrons. The van der Waals surface area contributed by atoms with E-state index < -0.39 is 0 Å². The van der Waals surface area contributed by atoms with Gasteiger partial charge in [0.15, 0.2) is 0 Å². The summed E-state index contributed by atoms with van der Waals surface area (Å²) in [7, 11) is 1.83. The van der Waals surface area contributed by atoms with E-state index in [0.29, 0.717) is 25.7 Å². The van der Waals surface area contributed by atoms with Crippen LogP contribution >= 0.6 is 0 Å². The lowest BCUT2D eigenvalue weighted by Gasteiger charge is -2.17. The van der Waals surface area contributed by atoms with Crippen LogP contribution < -0.4 is 10.1 Å². The van der Waals surface area contributed by atoms with Crippen molar-refractivity contribution in [1.29, 1.82) is 0 Å². The first-order chi connectivity index (χ1) is 9.69. The Kier molecular flexibility index (Phi) is 5.18. The summed E-state index contributed by atoms with van der Waals surface area (Å²) in [6.07, 6.45) is 4.11. The molecule has 0 bridgehead atoms. The molecule has 1 aromatic rings. The fraction of sp³-hybridized carbons (Fsp3) is 0.438. The number of ether oxygens (including phenoxy) is 1. The van der Waals surface area contributed by atoms with Crippen molar-refractivity contribution < 1.29 is 9.53 Å². The van der Waals surface area contributed by atoms with Gasteiger partial charge in [-0.15, -0.1) is 0 Å². The molecule has 4 nitrogen and oxygen atoms in total. The SMILES string of the molecule is C=CCOc1ccc(CN(C)C(=O)CNC2CC2)cc1. The molecule has 0 aliphatic heterocycles. The molecule has 1 aliphatic carbocycles. The van der Waals surface area contributed by atoms with Crippen LogP contribution in [0.4, 0.5) is 0 Å². The zero-order chi connectivity index (χ0) is 14.4. The number of carbonyl (C=O) groups is 1. The molecule has 1 aromatic carbocycles. The van der Waals surface area contributed by atoms with E-state index in [0.717, 1.165) is 11.3 Å². The molecule has 0 saturated heterocycles. The van der Waals surface area contributed by atoms with Crippen molar-refractivity contribution in [3.8, 4) is 5.75 Å². The monoisotopic (exact) mass is 274 g/mol. The number of rotatable bonds is 8. The Labute approximate surface area is 120 Å². The normalized spacial score (nSPS) is 13.8. The second kappa shape index (κ2) is 7.10. The van der Waals surface area contributed by atoms with Gasteiger partial charge in [-0.05, 0) is 30.5 Å². The molecule has 1 aliphatic rings. The van der Waals surface area contributed by atoms with E-state index in [9.17, 15) is 4.79 Å². The summed E-state index contributed by atoms with van der Waals surface area (Å²) in [6.45, 7) is 5.17. The maximum Gasteiger partial charge on any atom is 0.236 e. The number of hydrogen-bond donors (Lipinski definition) is 1. The summed E-state index contributed by atoms with van der Waals surface area (Å²) in [5.74, 6) is 0.946. The minimum absolute atomic E-state index is 0.129. The van der Waals surface area contributed by atoms with Crippen molar-refractivity contribution >= 4 is 5.91 Å². The van der Waals surface area contributed by atoms with E-state index >= 15 is 0 Å². The van der Waals surface area contributed by atoms with Gasteiger partial charge >= 0.3 is 0 Å². The van der Waals surface area contributed by atoms with Crippen molar-refractivity contribution in [3.05, 3.63) is 42.5 Å². The lowest BCUT2D eigenvalue weighted by atomic mass is 10.2. The van der Waals surface area contributed by atoms with Crippen LogP contribution in [0.15, 0.2) is 36.9 Å². The molecule has 0 aromatic heterocycles. The molecule has 20 heavy (non-hydrogen) atoms. The first-order valence-electron chi connectivity index (χ1n) is 6.99. The van der Waals surface area contributed by atoms with Gasteiger partial charge < -0.3 is 15.0 Å². The molecule has 1 amide bonds. The highest BCUT2D eigenvalue weighted by Gasteiger charge is 2.21. The minimum Gasteiger partial charge on any atom is -0.490 e. The average Bonchev–Trinajstić information content (AvgIpc) is 3.28. The van der Waals surface area contributed by atoms with Gasteiger partial charge in [-0.1, -0.05) is 24.8 Å². The van der Waals surface area contributed by atoms with Crippen LogP contribution in [0.5, 0.6) is 5.75 Å². The number of benzene rings is 1. The van der Waals surface area contributed by atoms with E-state index in [1.807, 2.05) is 31.3 Å². The van der Waals surface area contributed by atoms with Crippen molar-refractivity contribution in [3.63, 3.8) is 0 Å². The average molecular weight is 274 g/mol. The summed E-state index contributed by atoms with van der Waals surface area (Å²) in [5.41, 5.74) is 1.10. The Morgan fingerprint density at radius 1 is 1.45 bits per heavy atom. The van der Waals surface area contributed by atoms with Crippen LogP contribution in [0.2, 0.25) is 0 Å². The lowest BCUT2D eigenvalue weighted by molar-refractivity contribution is -0.129. The molecule has 0 radical (unpaired) electrons. The molecular formula is C16H22N2O2. The minimum atomic E-state index is 0.129. The molecule has 0 atom stereocenters. The lowest BCUT2D eigenvalue weighted by Crippen LogP contribution is -2.35. The summed E-state index contributed by atoms with van der Waals surface area (Å²) in [6, 6.07) is 8.36. The molecule has 0 heterocycles. The fourth-order valence-corrected chi connectivity index (χ4v) is 1.86. The fourth-order valence-electron chi connectivity index (χ4n) is 1.86. The van der Waals surface area contributed by atoms with Gasteiger partial charge in [-0.25, -0.2) is 0 Å². The molecular weight excluding hydrogens is 252 g/mol. The third kappa shape index (κ3) is 4.70. The quantitative estimate of drug-likeness (QED) is 0.737. The van der Waals surface area contributed by atoms with Crippen molar-refractivity contribution in [2.24, 2.45) is 0 Å². The molecule has 4 heteroatoms. The molecule has 1 N–H and O–H groups in total. The Balaban J connectivity index is 1.78. The van der Waals surface area contributed by atoms with E-state index in [2.05, 4.69) is 11.9 Å². The van der Waals surface area contributed by atoms with Crippen LogP contribution in [0.3, 0.4) is 0 Å². The maximum absolute atomic E-state index is 11.9. The number of carbonyl (C=O) groups excluding carboxylic acids is 1. The van der Waals surface area contributed by atoms with Gasteiger partial charge in [0.1, 0.15) is 12.4 Å². The standard InChI is InChI=1S/C16H22N2O2/c1-3-10-20-15-8-4-13(5-9-15)12-18(2)16(19)11-17-14-6-7-14/h3-5,8-9,14,17H,1,6-7,10-12H2,2H3. The van der Waals surface area contributed by atoms with E-state index in [1.165, 1.54) is 12.8 Å². The zero-order valence-electron chi connectivity index (χ0n) is 12.0. The number of likely N-dealkylation sites (N-methyl/N-ethyl adjacent to an activating group) is 1. The summed E-state index contributed by atoms with van der Waals surface area (Å²) in [5, 5.41) is 3.23. The number of nitrogens with zero attached hydrogens (tertiary/aromatic N) is 1. The first kappa shape index (κ1) is 14.6. The smallest absolute Gasteiger partial charge is 0.236 e. The highest BCUT2D eigenvalue weighted by atomic mass is 16.5. The van der Waals surface area contributed by atoms with Crippen molar-refractivity contribution in [2.45, 2.75) is 25.4 Å². The summed E-state index contributed by atoms with van der Waals surface area (Å²) >= 11 is 0. The van der Waals surface area contributed by atoms with Gasteiger partial charge in [0.05, 0.1) is 6.54 Å². The molecule has 0 spiro atoms. The van der Waals surface area contributed by atoms with Crippen molar-refractivity contribution in [1.82, 2.24) is 10.2 Å². The van der Waals surface area contributed by atoms with Gasteiger partial charge in [0.2, 0.25) is 5.91 Å². The van der Waals surface area contributed by atoms with E-state index in [1.54, 1.807) is 11.0 Å². The Morgan fingerprint density at radius 2 is 2.15 bits per heavy atom. The van der Waals surface area contributed by atoms with Gasteiger partial charge in [-0.2, -0.15) is 0 Å². The van der Waals surface area contributed by atoms with Gasteiger partial charge in [-0.3, -0.25) is 4.79 Å². The molecule has 1 fully saturated rings. The van der Waals surface area contributed by atoms with Gasteiger partial charge in [0, 0.05) is 19.6 Å². The second-order valence-electron chi connectivity index (χ2n) is 5.15. The largest absolute Gasteiger partial charge is 0.490 e. The molecule has 2 rings (SSSR count). The van der Waals surface area contributed by atoms with E-state index in [-0.39, 0.29) is 5.91 Å². The highest BCUT2D eigenvalue weighted by molar-refractivity contribution is 5.78. The predicted octanol–water partition coefficient (Wildman–Crippen LogP) is 1.96. The molecule has 1 saturated carbocycles. The second-order valence-corrected chi connectivity index (χ2v) is 5.15. The van der Waals surface area contributed by atoms with Crippen LogP contribution in [0, 0.1) is 0 Å².